The summed E-state index contributed by atoms with van der Waals surface area (Å²) in [5, 5.41) is 9.20. The van der Waals surface area contributed by atoms with Crippen molar-refractivity contribution >= 4 is 17.6 Å². The molecule has 3 nitrogen and oxygen atoms in total. The minimum atomic E-state index is -0.909. The average Bonchev–Trinajstić information content (AvgIpc) is 2.16. The Bertz CT molecular complexity index is 432. The second-order valence-electron chi connectivity index (χ2n) is 2.88. The molecule has 4 heteroatoms. The highest BCUT2D eigenvalue weighted by molar-refractivity contribution is 6.30. The first-order chi connectivity index (χ1) is 7.13. The molecule has 0 unspecified atom stereocenters. The van der Waals surface area contributed by atoms with Crippen molar-refractivity contribution in [3.63, 3.8) is 0 Å². The Morgan fingerprint density at radius 3 is 2.87 bits per heavy atom. The summed E-state index contributed by atoms with van der Waals surface area (Å²) >= 11 is 5.77. The first kappa shape index (κ1) is 11.6. The van der Waals surface area contributed by atoms with Gasteiger partial charge in [0.2, 0.25) is 0 Å². The molecule has 3 N–H and O–H groups in total. The fourth-order valence-corrected chi connectivity index (χ4v) is 1.33. The number of carboxylic acids is 1. The number of hydrogen-bond donors (Lipinski definition) is 2. The van der Waals surface area contributed by atoms with Crippen LogP contribution in [0, 0.1) is 11.8 Å². The number of carbonyl (C=O) groups is 1. The molecule has 0 amide bonds. The molecular weight excluding hydrogens is 214 g/mol. The topological polar surface area (TPSA) is 63.3 Å². The summed E-state index contributed by atoms with van der Waals surface area (Å²) in [7, 11) is 0. The van der Waals surface area contributed by atoms with E-state index in [0.29, 0.717) is 16.1 Å². The molecule has 0 saturated heterocycles. The maximum absolute atomic E-state index is 10.6. The van der Waals surface area contributed by atoms with Gasteiger partial charge >= 0.3 is 5.97 Å². The monoisotopic (exact) mass is 223 g/mol. The third-order valence-electron chi connectivity index (χ3n) is 1.73. The zero-order valence-electron chi connectivity index (χ0n) is 7.96. The van der Waals surface area contributed by atoms with Crippen LogP contribution in [-0.2, 0) is 11.2 Å². The third kappa shape index (κ3) is 3.62. The fraction of sp³-hybridized carbons (Fsp3) is 0.182. The summed E-state index contributed by atoms with van der Waals surface area (Å²) in [6, 6.07) is 4.98. The van der Waals surface area contributed by atoms with E-state index in [0.717, 1.165) is 0 Å². The van der Waals surface area contributed by atoms with E-state index in [9.17, 15) is 4.79 Å². The largest absolute Gasteiger partial charge is 0.481 e. The highest BCUT2D eigenvalue weighted by atomic mass is 35.5. The maximum atomic E-state index is 10.6. The lowest BCUT2D eigenvalue weighted by Crippen LogP contribution is -2.02. The molecule has 0 fully saturated rings. The SMILES string of the molecule is NCC#Cc1ccc(Cl)cc1CC(=O)O. The molecule has 78 valence electrons. The van der Waals surface area contributed by atoms with Gasteiger partial charge in [0.05, 0.1) is 13.0 Å². The Labute approximate surface area is 92.9 Å². The molecule has 0 saturated carbocycles. The van der Waals surface area contributed by atoms with Crippen molar-refractivity contribution in [1.29, 1.82) is 0 Å². The van der Waals surface area contributed by atoms with Gasteiger partial charge in [-0.3, -0.25) is 4.79 Å². The van der Waals surface area contributed by atoms with E-state index >= 15 is 0 Å². The van der Waals surface area contributed by atoms with Crippen LogP contribution in [0.5, 0.6) is 0 Å². The van der Waals surface area contributed by atoms with Crippen LogP contribution in [-0.4, -0.2) is 17.6 Å². The van der Waals surface area contributed by atoms with Gasteiger partial charge in [-0.05, 0) is 23.8 Å². The summed E-state index contributed by atoms with van der Waals surface area (Å²) in [4.78, 5) is 10.6. The van der Waals surface area contributed by atoms with Crippen molar-refractivity contribution < 1.29 is 9.90 Å². The van der Waals surface area contributed by atoms with E-state index in [1.165, 1.54) is 0 Å². The summed E-state index contributed by atoms with van der Waals surface area (Å²) in [5.74, 6) is 4.58. The number of benzene rings is 1. The molecule has 15 heavy (non-hydrogen) atoms. The molecule has 0 radical (unpaired) electrons. The normalized spacial score (nSPS) is 9.20. The van der Waals surface area contributed by atoms with Crippen LogP contribution in [0.4, 0.5) is 0 Å². The van der Waals surface area contributed by atoms with Crippen molar-refractivity contribution in [1.82, 2.24) is 0 Å². The van der Waals surface area contributed by atoms with Crippen LogP contribution < -0.4 is 5.73 Å². The molecule has 1 aromatic rings. The Morgan fingerprint density at radius 1 is 1.53 bits per heavy atom. The second kappa shape index (κ2) is 5.40. The van der Waals surface area contributed by atoms with Crippen LogP contribution in [0.1, 0.15) is 11.1 Å². The van der Waals surface area contributed by atoms with Gasteiger partial charge in [-0.2, -0.15) is 0 Å². The number of aliphatic carboxylic acids is 1. The Morgan fingerprint density at radius 2 is 2.27 bits per heavy atom. The standard InChI is InChI=1S/C11H10ClNO2/c12-10-4-3-8(2-1-5-13)9(6-10)7-11(14)15/h3-4,6H,5,7,13H2,(H,14,15). The molecular formula is C11H10ClNO2. The van der Waals surface area contributed by atoms with E-state index < -0.39 is 5.97 Å². The van der Waals surface area contributed by atoms with Gasteiger partial charge in [0.25, 0.3) is 0 Å². The van der Waals surface area contributed by atoms with Crippen molar-refractivity contribution in [2.24, 2.45) is 5.73 Å². The quantitative estimate of drug-likeness (QED) is 0.743. The van der Waals surface area contributed by atoms with Gasteiger partial charge in [-0.1, -0.05) is 23.4 Å². The zero-order valence-corrected chi connectivity index (χ0v) is 8.71. The Kier molecular flexibility index (Phi) is 4.17. The number of rotatable bonds is 2. The van der Waals surface area contributed by atoms with Gasteiger partial charge in [0.15, 0.2) is 0 Å². The Hall–Kier alpha value is -1.50. The van der Waals surface area contributed by atoms with Crippen molar-refractivity contribution in [3.05, 3.63) is 34.3 Å². The minimum Gasteiger partial charge on any atom is -0.481 e. The molecule has 0 aliphatic rings. The number of carboxylic acid groups (broad SMARTS) is 1. The Balaban J connectivity index is 3.08. The number of halogens is 1. The summed E-state index contributed by atoms with van der Waals surface area (Å²) < 4.78 is 0. The lowest BCUT2D eigenvalue weighted by atomic mass is 10.1. The molecule has 0 spiro atoms. The van der Waals surface area contributed by atoms with Gasteiger partial charge in [0, 0.05) is 10.6 Å². The molecule has 0 aliphatic heterocycles. The van der Waals surface area contributed by atoms with Crippen molar-refractivity contribution in [3.8, 4) is 11.8 Å². The van der Waals surface area contributed by atoms with E-state index in [2.05, 4.69) is 11.8 Å². The van der Waals surface area contributed by atoms with Crippen molar-refractivity contribution in [2.45, 2.75) is 6.42 Å². The number of hydrogen-bond acceptors (Lipinski definition) is 2. The highest BCUT2D eigenvalue weighted by Gasteiger charge is 2.05. The molecule has 0 heterocycles. The van der Waals surface area contributed by atoms with Crippen LogP contribution in [0.15, 0.2) is 18.2 Å². The third-order valence-corrected chi connectivity index (χ3v) is 1.97. The lowest BCUT2D eigenvalue weighted by Gasteiger charge is -2.01. The molecule has 0 bridgehead atoms. The van der Waals surface area contributed by atoms with E-state index in [1.54, 1.807) is 18.2 Å². The van der Waals surface area contributed by atoms with Crippen LogP contribution in [0.3, 0.4) is 0 Å². The maximum Gasteiger partial charge on any atom is 0.307 e. The predicted molar refractivity (Wildman–Crippen MR) is 58.7 cm³/mol. The summed E-state index contributed by atoms with van der Waals surface area (Å²) in [6.45, 7) is 0.245. The first-order valence-corrected chi connectivity index (χ1v) is 4.70. The van der Waals surface area contributed by atoms with Crippen LogP contribution in [0.2, 0.25) is 5.02 Å². The van der Waals surface area contributed by atoms with Gasteiger partial charge < -0.3 is 10.8 Å². The average molecular weight is 224 g/mol. The molecule has 1 rings (SSSR count). The van der Waals surface area contributed by atoms with E-state index in [-0.39, 0.29) is 13.0 Å². The van der Waals surface area contributed by atoms with Gasteiger partial charge in [-0.15, -0.1) is 0 Å². The number of nitrogens with two attached hydrogens (primary N) is 1. The van der Waals surface area contributed by atoms with E-state index in [4.69, 9.17) is 22.4 Å². The smallest absolute Gasteiger partial charge is 0.307 e. The zero-order chi connectivity index (χ0) is 11.3. The predicted octanol–water partition coefficient (Wildman–Crippen LogP) is 1.28. The molecule has 0 aromatic heterocycles. The molecule has 0 aliphatic carbocycles. The van der Waals surface area contributed by atoms with Crippen LogP contribution >= 0.6 is 11.6 Å². The summed E-state index contributed by atoms with van der Waals surface area (Å²) in [6.07, 6.45) is -0.0882. The second-order valence-corrected chi connectivity index (χ2v) is 3.31. The van der Waals surface area contributed by atoms with Gasteiger partial charge in [0.1, 0.15) is 0 Å². The summed E-state index contributed by atoms with van der Waals surface area (Å²) in [5.41, 5.74) is 6.51. The fourth-order valence-electron chi connectivity index (χ4n) is 1.14. The van der Waals surface area contributed by atoms with Gasteiger partial charge in [-0.25, -0.2) is 0 Å². The van der Waals surface area contributed by atoms with E-state index in [1.807, 2.05) is 0 Å². The molecule has 1 aromatic carbocycles. The van der Waals surface area contributed by atoms with Crippen LogP contribution in [0.25, 0.3) is 0 Å². The lowest BCUT2D eigenvalue weighted by molar-refractivity contribution is -0.136. The first-order valence-electron chi connectivity index (χ1n) is 4.32. The molecule has 0 atom stereocenters. The minimum absolute atomic E-state index is 0.0882. The van der Waals surface area contributed by atoms with Crippen molar-refractivity contribution in [2.75, 3.05) is 6.54 Å². The highest BCUT2D eigenvalue weighted by Crippen LogP contribution is 2.16.